The van der Waals surface area contributed by atoms with Crippen LogP contribution in [-0.2, 0) is 20.8 Å². The Morgan fingerprint density at radius 3 is 2.59 bits per heavy atom. The van der Waals surface area contributed by atoms with Gasteiger partial charge in [-0.15, -0.1) is 0 Å². The molecule has 1 aliphatic heterocycles. The zero-order valence-electron chi connectivity index (χ0n) is 16.1. The van der Waals surface area contributed by atoms with E-state index in [4.69, 9.17) is 0 Å². The third-order valence-electron chi connectivity index (χ3n) is 5.47. The van der Waals surface area contributed by atoms with Gasteiger partial charge in [0.25, 0.3) is 0 Å². The fraction of sp³-hybridized carbons (Fsp3) is 0.722. The molecule has 0 bridgehead atoms. The van der Waals surface area contributed by atoms with Crippen LogP contribution in [0.4, 0.5) is 5.82 Å². The van der Waals surface area contributed by atoms with Crippen molar-refractivity contribution in [1.82, 2.24) is 14.2 Å². The summed E-state index contributed by atoms with van der Waals surface area (Å²) in [4.78, 5) is 6.70. The van der Waals surface area contributed by atoms with Gasteiger partial charge >= 0.3 is 0 Å². The van der Waals surface area contributed by atoms with E-state index in [1.54, 1.807) is 12.1 Å². The Morgan fingerprint density at radius 1 is 1.22 bits per heavy atom. The van der Waals surface area contributed by atoms with Crippen molar-refractivity contribution in [3.05, 3.63) is 18.3 Å². The van der Waals surface area contributed by atoms with E-state index in [0.29, 0.717) is 24.7 Å². The summed E-state index contributed by atoms with van der Waals surface area (Å²) in [6, 6.07) is 3.61. The number of hydrogen-bond acceptors (Lipinski definition) is 6. The van der Waals surface area contributed by atoms with Crippen LogP contribution in [-0.4, -0.2) is 77.1 Å². The minimum Gasteiger partial charge on any atom is -0.367 e. The maximum absolute atomic E-state index is 12.8. The van der Waals surface area contributed by atoms with Gasteiger partial charge in [0.1, 0.15) is 10.7 Å². The summed E-state index contributed by atoms with van der Waals surface area (Å²) in [5.41, 5.74) is 0. The predicted octanol–water partition coefficient (Wildman–Crippen LogP) is 1.51. The normalized spacial score (nSPS) is 26.6. The smallest absolute Gasteiger partial charge is 0.244 e. The Labute approximate surface area is 165 Å². The third kappa shape index (κ3) is 5.07. The van der Waals surface area contributed by atoms with Gasteiger partial charge in [-0.2, -0.15) is 4.31 Å². The number of piperazine rings is 1. The van der Waals surface area contributed by atoms with Gasteiger partial charge in [-0.3, -0.25) is 4.21 Å². The lowest BCUT2D eigenvalue weighted by molar-refractivity contribution is 0.222. The van der Waals surface area contributed by atoms with Crippen molar-refractivity contribution in [3.63, 3.8) is 0 Å². The summed E-state index contributed by atoms with van der Waals surface area (Å²) in [5, 5.41) is 3.64. The number of likely N-dealkylation sites (N-methyl/N-ethyl adjacent to an activating group) is 1. The highest BCUT2D eigenvalue weighted by atomic mass is 32.2. The van der Waals surface area contributed by atoms with Gasteiger partial charge in [-0.05, 0) is 38.4 Å². The van der Waals surface area contributed by atoms with E-state index in [9.17, 15) is 12.6 Å². The first-order valence-electron chi connectivity index (χ1n) is 9.68. The molecule has 1 aromatic heterocycles. The molecular formula is C18H30N4O3S2. The summed E-state index contributed by atoms with van der Waals surface area (Å²) in [7, 11) is -2.25. The second kappa shape index (κ2) is 8.98. The molecule has 1 N–H and O–H groups in total. The van der Waals surface area contributed by atoms with Crippen molar-refractivity contribution < 1.29 is 12.6 Å². The average molecular weight is 415 g/mol. The number of aromatic nitrogens is 1. The SMILES string of the molecule is CCS(=O)C1CCCC(Nc2ccc(S(=O)(=O)N3CCN(C)CC3)cn2)C1. The molecule has 1 aliphatic carbocycles. The third-order valence-corrected chi connectivity index (χ3v) is 9.09. The van der Waals surface area contributed by atoms with E-state index in [0.717, 1.165) is 38.8 Å². The molecule has 0 aromatic carbocycles. The molecule has 9 heteroatoms. The highest BCUT2D eigenvalue weighted by molar-refractivity contribution is 7.89. The van der Waals surface area contributed by atoms with Gasteiger partial charge in [0.2, 0.25) is 10.0 Å². The van der Waals surface area contributed by atoms with Crippen molar-refractivity contribution in [3.8, 4) is 0 Å². The fourth-order valence-corrected chi connectivity index (χ4v) is 6.47. The van der Waals surface area contributed by atoms with E-state index < -0.39 is 20.8 Å². The van der Waals surface area contributed by atoms with Crippen molar-refractivity contribution in [2.45, 2.75) is 48.8 Å². The summed E-state index contributed by atoms with van der Waals surface area (Å²) >= 11 is 0. The van der Waals surface area contributed by atoms with Gasteiger partial charge in [0.05, 0.1) is 0 Å². The van der Waals surface area contributed by atoms with Gasteiger partial charge in [-0.25, -0.2) is 13.4 Å². The molecule has 0 spiro atoms. The van der Waals surface area contributed by atoms with E-state index in [2.05, 4.69) is 15.2 Å². The van der Waals surface area contributed by atoms with Crippen molar-refractivity contribution in [1.29, 1.82) is 0 Å². The lowest BCUT2D eigenvalue weighted by atomic mass is 9.95. The van der Waals surface area contributed by atoms with E-state index in [1.165, 1.54) is 10.5 Å². The fourth-order valence-electron chi connectivity index (χ4n) is 3.76. The van der Waals surface area contributed by atoms with E-state index in [1.807, 2.05) is 14.0 Å². The van der Waals surface area contributed by atoms with Gasteiger partial charge in [0, 0.05) is 60.2 Å². The Bertz CT molecular complexity index is 746. The molecule has 3 atom stereocenters. The van der Waals surface area contributed by atoms with Crippen molar-refractivity contribution in [2.75, 3.05) is 44.3 Å². The van der Waals surface area contributed by atoms with Crippen LogP contribution in [0, 0.1) is 0 Å². The van der Waals surface area contributed by atoms with Crippen LogP contribution < -0.4 is 5.32 Å². The standard InChI is InChI=1S/C18H30N4O3S2/c1-3-26(23)16-6-4-5-15(13-16)20-18-8-7-17(14-19-18)27(24,25)22-11-9-21(2)10-12-22/h7-8,14-16H,3-6,9-13H2,1-2H3,(H,19,20). The number of sulfonamides is 1. The van der Waals surface area contributed by atoms with Gasteiger partial charge in [-0.1, -0.05) is 13.3 Å². The summed E-state index contributed by atoms with van der Waals surface area (Å²) in [6.45, 7) is 4.48. The Balaban J connectivity index is 1.62. The molecule has 3 rings (SSSR count). The molecule has 27 heavy (non-hydrogen) atoms. The lowest BCUT2D eigenvalue weighted by Crippen LogP contribution is -2.47. The monoisotopic (exact) mass is 414 g/mol. The maximum atomic E-state index is 12.8. The molecule has 2 heterocycles. The molecule has 0 amide bonds. The first kappa shape index (κ1) is 20.7. The average Bonchev–Trinajstić information content (AvgIpc) is 2.68. The number of nitrogens with zero attached hydrogens (tertiary/aromatic N) is 3. The minimum absolute atomic E-state index is 0.242. The van der Waals surface area contributed by atoms with Crippen LogP contribution in [0.25, 0.3) is 0 Å². The molecule has 1 saturated heterocycles. The number of anilines is 1. The largest absolute Gasteiger partial charge is 0.367 e. The molecule has 1 aromatic rings. The molecule has 2 fully saturated rings. The predicted molar refractivity (Wildman–Crippen MR) is 109 cm³/mol. The number of hydrogen-bond donors (Lipinski definition) is 1. The lowest BCUT2D eigenvalue weighted by Gasteiger charge is -2.31. The van der Waals surface area contributed by atoms with Crippen LogP contribution in [0.15, 0.2) is 23.2 Å². The molecular weight excluding hydrogens is 384 g/mol. The van der Waals surface area contributed by atoms with Crippen LogP contribution in [0.1, 0.15) is 32.6 Å². The highest BCUT2D eigenvalue weighted by Crippen LogP contribution is 2.26. The first-order chi connectivity index (χ1) is 12.9. The zero-order valence-corrected chi connectivity index (χ0v) is 17.8. The Kier molecular flexibility index (Phi) is 6.88. The summed E-state index contributed by atoms with van der Waals surface area (Å²) in [5.74, 6) is 1.38. The van der Waals surface area contributed by atoms with Crippen molar-refractivity contribution in [2.24, 2.45) is 0 Å². The molecule has 3 unspecified atom stereocenters. The number of rotatable bonds is 6. The molecule has 1 saturated carbocycles. The summed E-state index contributed by atoms with van der Waals surface area (Å²) < 4.78 is 39.1. The molecule has 7 nitrogen and oxygen atoms in total. The van der Waals surface area contributed by atoms with Crippen LogP contribution in [0.2, 0.25) is 0 Å². The first-order valence-corrected chi connectivity index (χ1v) is 12.5. The zero-order chi connectivity index (χ0) is 19.4. The summed E-state index contributed by atoms with van der Waals surface area (Å²) in [6.07, 6.45) is 5.43. The van der Waals surface area contributed by atoms with Crippen LogP contribution in [0.5, 0.6) is 0 Å². The second-order valence-electron chi connectivity index (χ2n) is 7.39. The number of pyridine rings is 1. The topological polar surface area (TPSA) is 82.6 Å². The minimum atomic E-state index is -3.48. The number of nitrogens with one attached hydrogen (secondary N) is 1. The van der Waals surface area contributed by atoms with Gasteiger partial charge < -0.3 is 10.2 Å². The molecule has 152 valence electrons. The molecule has 2 aliphatic rings. The quantitative estimate of drug-likeness (QED) is 0.760. The molecule has 0 radical (unpaired) electrons. The van der Waals surface area contributed by atoms with E-state index >= 15 is 0 Å². The highest BCUT2D eigenvalue weighted by Gasteiger charge is 2.28. The Hall–Kier alpha value is -1.03. The van der Waals surface area contributed by atoms with Crippen LogP contribution in [0.3, 0.4) is 0 Å². The van der Waals surface area contributed by atoms with Gasteiger partial charge in [0.15, 0.2) is 0 Å². The Morgan fingerprint density at radius 2 is 1.96 bits per heavy atom. The van der Waals surface area contributed by atoms with E-state index in [-0.39, 0.29) is 16.2 Å². The van der Waals surface area contributed by atoms with Crippen molar-refractivity contribution >= 4 is 26.6 Å². The second-order valence-corrected chi connectivity index (χ2v) is 11.3. The van der Waals surface area contributed by atoms with Crippen LogP contribution >= 0.6 is 0 Å². The maximum Gasteiger partial charge on any atom is 0.244 e.